The normalized spacial score (nSPS) is 21.9. The van der Waals surface area contributed by atoms with Crippen LogP contribution in [0.3, 0.4) is 0 Å². The van der Waals surface area contributed by atoms with Crippen LogP contribution in [0, 0.1) is 0 Å². The molecule has 0 bridgehead atoms. The van der Waals surface area contributed by atoms with E-state index in [9.17, 15) is 0 Å². The summed E-state index contributed by atoms with van der Waals surface area (Å²) in [5, 5.41) is 9.12. The largest absolute Gasteiger partial charge is 0.391 e. The molecule has 22 heavy (non-hydrogen) atoms. The molecule has 0 aromatic heterocycles. The lowest BCUT2D eigenvalue weighted by Crippen LogP contribution is -3.28. The van der Waals surface area contributed by atoms with Crippen molar-refractivity contribution in [1.29, 1.82) is 0 Å². The second-order valence-electron chi connectivity index (χ2n) is 6.14. The molecule has 0 radical (unpaired) electrons. The molecule has 3 rings (SSSR count). The van der Waals surface area contributed by atoms with Crippen LogP contribution in [0.15, 0.2) is 60.7 Å². The van der Waals surface area contributed by atoms with Crippen molar-refractivity contribution < 1.29 is 14.9 Å². The van der Waals surface area contributed by atoms with Gasteiger partial charge in [0.05, 0.1) is 6.61 Å². The van der Waals surface area contributed by atoms with Crippen LogP contribution < -0.4 is 9.80 Å². The Morgan fingerprint density at radius 1 is 0.773 bits per heavy atom. The molecule has 0 atom stereocenters. The molecule has 2 aromatic carbocycles. The first-order chi connectivity index (χ1) is 10.9. The molecule has 2 aromatic rings. The second kappa shape index (κ2) is 7.54. The number of aliphatic hydroxyl groups is 1. The van der Waals surface area contributed by atoms with Crippen LogP contribution in [0.25, 0.3) is 0 Å². The Kier molecular flexibility index (Phi) is 5.22. The first kappa shape index (κ1) is 15.2. The summed E-state index contributed by atoms with van der Waals surface area (Å²) < 4.78 is 0. The van der Waals surface area contributed by atoms with Gasteiger partial charge in [0, 0.05) is 11.1 Å². The summed E-state index contributed by atoms with van der Waals surface area (Å²) >= 11 is 0. The molecule has 0 saturated carbocycles. The van der Waals surface area contributed by atoms with Crippen molar-refractivity contribution in [2.24, 2.45) is 0 Å². The number of aliphatic hydroxyl groups excluding tert-OH is 1. The van der Waals surface area contributed by atoms with E-state index in [4.69, 9.17) is 5.11 Å². The van der Waals surface area contributed by atoms with Gasteiger partial charge in [0.1, 0.15) is 38.8 Å². The van der Waals surface area contributed by atoms with Crippen LogP contribution >= 0.6 is 0 Å². The van der Waals surface area contributed by atoms with Gasteiger partial charge in [0.25, 0.3) is 0 Å². The molecular weight excluding hydrogens is 272 g/mol. The molecule has 1 saturated heterocycles. The maximum absolute atomic E-state index is 9.12. The van der Waals surface area contributed by atoms with E-state index in [2.05, 4.69) is 60.7 Å². The van der Waals surface area contributed by atoms with Crippen LogP contribution in [0.5, 0.6) is 0 Å². The number of benzene rings is 2. The quantitative estimate of drug-likeness (QED) is 0.686. The van der Waals surface area contributed by atoms with Crippen molar-refractivity contribution in [3.05, 3.63) is 71.8 Å². The van der Waals surface area contributed by atoms with Gasteiger partial charge in [-0.25, -0.2) is 0 Å². The van der Waals surface area contributed by atoms with Gasteiger partial charge in [-0.3, -0.25) is 0 Å². The highest BCUT2D eigenvalue weighted by Gasteiger charge is 2.31. The van der Waals surface area contributed by atoms with Crippen molar-refractivity contribution >= 4 is 0 Å². The topological polar surface area (TPSA) is 29.1 Å². The fraction of sp³-hybridized carbons (Fsp3) is 0.368. The summed E-state index contributed by atoms with van der Waals surface area (Å²) in [6.45, 7) is 5.78. The average Bonchev–Trinajstić information content (AvgIpc) is 2.59. The van der Waals surface area contributed by atoms with Gasteiger partial charge in [-0.15, -0.1) is 0 Å². The number of hydrogen-bond acceptors (Lipinski definition) is 1. The fourth-order valence-electron chi connectivity index (χ4n) is 3.58. The highest BCUT2D eigenvalue weighted by Crippen LogP contribution is 2.18. The molecule has 1 aliphatic heterocycles. The molecule has 0 unspecified atom stereocenters. The maximum atomic E-state index is 9.12. The van der Waals surface area contributed by atoms with Crippen molar-refractivity contribution in [2.45, 2.75) is 6.04 Å². The lowest BCUT2D eigenvalue weighted by molar-refractivity contribution is -1.02. The third-order valence-corrected chi connectivity index (χ3v) is 4.74. The minimum atomic E-state index is 0.297. The van der Waals surface area contributed by atoms with E-state index in [0.717, 1.165) is 32.7 Å². The van der Waals surface area contributed by atoms with Crippen molar-refractivity contribution in [3.63, 3.8) is 0 Å². The highest BCUT2D eigenvalue weighted by molar-refractivity contribution is 5.29. The zero-order valence-electron chi connectivity index (χ0n) is 13.0. The number of rotatable bonds is 5. The molecule has 3 nitrogen and oxygen atoms in total. The summed E-state index contributed by atoms with van der Waals surface area (Å²) in [5.41, 5.74) is 2.80. The van der Waals surface area contributed by atoms with Gasteiger partial charge in [-0.1, -0.05) is 60.7 Å². The minimum absolute atomic E-state index is 0.297. The zero-order chi connectivity index (χ0) is 15.2. The van der Waals surface area contributed by atoms with Gasteiger partial charge in [0.15, 0.2) is 0 Å². The minimum Gasteiger partial charge on any atom is -0.391 e. The Hall–Kier alpha value is -1.68. The maximum Gasteiger partial charge on any atom is 0.139 e. The van der Waals surface area contributed by atoms with Crippen molar-refractivity contribution in [1.82, 2.24) is 0 Å². The van der Waals surface area contributed by atoms with Crippen LogP contribution in [0.4, 0.5) is 0 Å². The van der Waals surface area contributed by atoms with Gasteiger partial charge in [0.2, 0.25) is 0 Å². The molecular formula is C19H26N2O+2. The van der Waals surface area contributed by atoms with Crippen LogP contribution in [0.2, 0.25) is 0 Å². The van der Waals surface area contributed by atoms with E-state index in [1.807, 2.05) is 0 Å². The van der Waals surface area contributed by atoms with Gasteiger partial charge >= 0.3 is 0 Å². The van der Waals surface area contributed by atoms with E-state index < -0.39 is 0 Å². The van der Waals surface area contributed by atoms with Crippen LogP contribution in [-0.4, -0.2) is 44.4 Å². The number of nitrogens with one attached hydrogen (secondary N) is 2. The van der Waals surface area contributed by atoms with Gasteiger partial charge in [-0.05, 0) is 0 Å². The molecule has 3 heteroatoms. The Labute approximate surface area is 132 Å². The molecule has 0 spiro atoms. The lowest BCUT2D eigenvalue weighted by Gasteiger charge is -2.35. The Morgan fingerprint density at radius 3 is 1.73 bits per heavy atom. The summed E-state index contributed by atoms with van der Waals surface area (Å²) in [6.07, 6.45) is 0. The molecule has 116 valence electrons. The summed E-state index contributed by atoms with van der Waals surface area (Å²) in [4.78, 5) is 3.17. The smallest absolute Gasteiger partial charge is 0.139 e. The van der Waals surface area contributed by atoms with E-state index in [0.29, 0.717) is 12.6 Å². The van der Waals surface area contributed by atoms with E-state index in [1.165, 1.54) is 16.0 Å². The second-order valence-corrected chi connectivity index (χ2v) is 6.14. The van der Waals surface area contributed by atoms with Gasteiger partial charge < -0.3 is 14.9 Å². The Bertz CT molecular complexity index is 511. The predicted octanol–water partition coefficient (Wildman–Crippen LogP) is -0.448. The summed E-state index contributed by atoms with van der Waals surface area (Å²) in [6, 6.07) is 22.1. The third-order valence-electron chi connectivity index (χ3n) is 4.74. The molecule has 1 heterocycles. The van der Waals surface area contributed by atoms with Crippen LogP contribution in [0.1, 0.15) is 17.2 Å². The fourth-order valence-corrected chi connectivity index (χ4v) is 3.58. The van der Waals surface area contributed by atoms with Crippen molar-refractivity contribution in [2.75, 3.05) is 39.3 Å². The molecule has 3 N–H and O–H groups in total. The summed E-state index contributed by atoms with van der Waals surface area (Å²) in [7, 11) is 0. The number of piperazine rings is 1. The molecule has 0 amide bonds. The Balaban J connectivity index is 1.81. The molecule has 0 aliphatic carbocycles. The monoisotopic (exact) mass is 298 g/mol. The SMILES string of the molecule is OCC[NH+]1CC[NH+](C(c2ccccc2)c2ccccc2)CC1. The first-order valence-electron chi connectivity index (χ1n) is 8.27. The number of quaternary nitrogens is 2. The molecule has 1 aliphatic rings. The lowest BCUT2D eigenvalue weighted by atomic mass is 9.96. The standard InChI is InChI=1S/C19H24N2O/c22-16-15-20-11-13-21(14-12-20)19(17-7-3-1-4-8-17)18-9-5-2-6-10-18/h1-10,19,22H,11-16H2/p+2. The van der Waals surface area contributed by atoms with E-state index in [-0.39, 0.29) is 0 Å². The predicted molar refractivity (Wildman–Crippen MR) is 88.1 cm³/mol. The van der Waals surface area contributed by atoms with Gasteiger partial charge in [-0.2, -0.15) is 0 Å². The zero-order valence-corrected chi connectivity index (χ0v) is 13.0. The molecule has 1 fully saturated rings. The van der Waals surface area contributed by atoms with E-state index >= 15 is 0 Å². The summed E-state index contributed by atoms with van der Waals surface area (Å²) in [5.74, 6) is 0. The number of hydrogen-bond donors (Lipinski definition) is 3. The highest BCUT2D eigenvalue weighted by atomic mass is 16.3. The van der Waals surface area contributed by atoms with E-state index in [1.54, 1.807) is 4.90 Å². The Morgan fingerprint density at radius 2 is 1.27 bits per heavy atom. The first-order valence-corrected chi connectivity index (χ1v) is 8.27. The average molecular weight is 298 g/mol. The third kappa shape index (κ3) is 3.55. The van der Waals surface area contributed by atoms with Crippen molar-refractivity contribution in [3.8, 4) is 0 Å². The van der Waals surface area contributed by atoms with Crippen LogP contribution in [-0.2, 0) is 0 Å².